The fourth-order valence-corrected chi connectivity index (χ4v) is 4.03. The normalized spacial score (nSPS) is 11.2. The molecule has 0 saturated carbocycles. The molecule has 0 amide bonds. The summed E-state index contributed by atoms with van der Waals surface area (Å²) in [6, 6.07) is 15.0. The number of pyridine rings is 1. The van der Waals surface area contributed by atoms with Gasteiger partial charge in [0.15, 0.2) is 0 Å². The summed E-state index contributed by atoms with van der Waals surface area (Å²) in [5.41, 5.74) is 2.39. The number of aromatic carboxylic acids is 1. The molecule has 112 valence electrons. The van der Waals surface area contributed by atoms with Gasteiger partial charge in [-0.05, 0) is 23.8 Å². The van der Waals surface area contributed by atoms with Crippen LogP contribution in [-0.4, -0.2) is 16.1 Å². The molecule has 0 bridgehead atoms. The second-order valence-corrected chi connectivity index (χ2v) is 6.59. The number of carbonyl (C=O) groups is 1. The summed E-state index contributed by atoms with van der Waals surface area (Å²) in [6.07, 6.45) is 1.75. The van der Waals surface area contributed by atoms with E-state index in [4.69, 9.17) is 11.6 Å². The summed E-state index contributed by atoms with van der Waals surface area (Å²) < 4.78 is 0.943. The van der Waals surface area contributed by atoms with Gasteiger partial charge in [0.25, 0.3) is 0 Å². The van der Waals surface area contributed by atoms with E-state index in [0.717, 1.165) is 26.6 Å². The zero-order valence-corrected chi connectivity index (χ0v) is 13.4. The topological polar surface area (TPSA) is 50.2 Å². The van der Waals surface area contributed by atoms with E-state index in [0.29, 0.717) is 15.5 Å². The van der Waals surface area contributed by atoms with Gasteiger partial charge < -0.3 is 5.11 Å². The van der Waals surface area contributed by atoms with Crippen molar-refractivity contribution in [1.82, 2.24) is 4.98 Å². The molecule has 5 heteroatoms. The third kappa shape index (κ3) is 2.27. The first-order valence-electron chi connectivity index (χ1n) is 6.94. The number of thiophene rings is 1. The summed E-state index contributed by atoms with van der Waals surface area (Å²) >= 11 is 7.23. The minimum absolute atomic E-state index is 0.320. The number of nitrogens with zero attached hydrogens (tertiary/aromatic N) is 1. The maximum absolute atomic E-state index is 11.7. The van der Waals surface area contributed by atoms with Crippen LogP contribution in [0.4, 0.5) is 0 Å². The van der Waals surface area contributed by atoms with E-state index < -0.39 is 5.97 Å². The van der Waals surface area contributed by atoms with Crippen molar-refractivity contribution in [1.29, 1.82) is 0 Å². The van der Waals surface area contributed by atoms with Crippen LogP contribution in [0.3, 0.4) is 0 Å². The first-order valence-corrected chi connectivity index (χ1v) is 8.14. The zero-order valence-electron chi connectivity index (χ0n) is 11.8. The third-order valence-electron chi connectivity index (χ3n) is 3.75. The summed E-state index contributed by atoms with van der Waals surface area (Å²) in [6.45, 7) is 0. The Bertz CT molecular complexity index is 1050. The Morgan fingerprint density at radius 1 is 1.04 bits per heavy atom. The predicted molar refractivity (Wildman–Crippen MR) is 94.5 cm³/mol. The molecule has 3 nitrogen and oxygen atoms in total. The van der Waals surface area contributed by atoms with Crippen LogP contribution in [0.1, 0.15) is 9.67 Å². The zero-order chi connectivity index (χ0) is 16.0. The maximum atomic E-state index is 11.7. The van der Waals surface area contributed by atoms with Crippen LogP contribution in [0.5, 0.6) is 0 Å². The van der Waals surface area contributed by atoms with E-state index in [-0.39, 0.29) is 0 Å². The molecule has 23 heavy (non-hydrogen) atoms. The average Bonchev–Trinajstić information content (AvgIpc) is 2.96. The van der Waals surface area contributed by atoms with Gasteiger partial charge in [0.2, 0.25) is 0 Å². The molecule has 4 rings (SSSR count). The van der Waals surface area contributed by atoms with E-state index in [1.54, 1.807) is 18.3 Å². The molecule has 0 saturated heterocycles. The molecule has 0 unspecified atom stereocenters. The highest BCUT2D eigenvalue weighted by molar-refractivity contribution is 7.22. The Labute approximate surface area is 140 Å². The van der Waals surface area contributed by atoms with Gasteiger partial charge >= 0.3 is 5.97 Å². The summed E-state index contributed by atoms with van der Waals surface area (Å²) in [5, 5.41) is 12.1. The molecule has 2 aromatic carbocycles. The van der Waals surface area contributed by atoms with Crippen LogP contribution in [0.25, 0.3) is 32.1 Å². The van der Waals surface area contributed by atoms with Crippen LogP contribution < -0.4 is 0 Å². The Hall–Kier alpha value is -2.43. The van der Waals surface area contributed by atoms with Crippen LogP contribution in [-0.2, 0) is 0 Å². The smallest absolute Gasteiger partial charge is 0.346 e. The number of hydrogen-bond acceptors (Lipinski definition) is 3. The molecule has 0 fully saturated rings. The number of benzene rings is 2. The summed E-state index contributed by atoms with van der Waals surface area (Å²) in [4.78, 5) is 16.5. The first kappa shape index (κ1) is 14.2. The van der Waals surface area contributed by atoms with E-state index in [2.05, 4.69) is 4.98 Å². The van der Waals surface area contributed by atoms with E-state index in [1.165, 1.54) is 11.3 Å². The monoisotopic (exact) mass is 339 g/mol. The fraction of sp³-hybridized carbons (Fsp3) is 0. The highest BCUT2D eigenvalue weighted by Gasteiger charge is 2.20. The number of para-hydroxylation sites is 1. The van der Waals surface area contributed by atoms with Crippen molar-refractivity contribution in [3.63, 3.8) is 0 Å². The SMILES string of the molecule is O=C(O)c1sc2c(cnc3ccccc32)c1-c1ccc(Cl)cc1. The number of fused-ring (bicyclic) bond motifs is 3. The van der Waals surface area contributed by atoms with Crippen LogP contribution in [0.15, 0.2) is 54.7 Å². The van der Waals surface area contributed by atoms with Crippen molar-refractivity contribution < 1.29 is 9.90 Å². The molecule has 4 aromatic rings. The summed E-state index contributed by atoms with van der Waals surface area (Å²) in [5.74, 6) is -0.930. The highest BCUT2D eigenvalue weighted by atomic mass is 35.5. The summed E-state index contributed by atoms with van der Waals surface area (Å²) in [7, 11) is 0. The molecule has 0 aliphatic carbocycles. The second kappa shape index (κ2) is 5.33. The number of aromatic nitrogens is 1. The molecule has 0 aliphatic rings. The molecule has 0 spiro atoms. The molecular formula is C18H10ClNO2S. The Morgan fingerprint density at radius 3 is 2.52 bits per heavy atom. The Morgan fingerprint density at radius 2 is 1.78 bits per heavy atom. The van der Waals surface area contributed by atoms with Crippen molar-refractivity contribution in [3.05, 3.63) is 64.6 Å². The van der Waals surface area contributed by atoms with Crippen LogP contribution in [0.2, 0.25) is 5.02 Å². The van der Waals surface area contributed by atoms with Gasteiger partial charge in [0.1, 0.15) is 4.88 Å². The number of halogens is 1. The van der Waals surface area contributed by atoms with E-state index in [1.807, 2.05) is 36.4 Å². The van der Waals surface area contributed by atoms with E-state index >= 15 is 0 Å². The van der Waals surface area contributed by atoms with Gasteiger partial charge in [-0.15, -0.1) is 11.3 Å². The van der Waals surface area contributed by atoms with Gasteiger partial charge in [0, 0.05) is 32.3 Å². The predicted octanol–water partition coefficient (Wildman–Crippen LogP) is 5.47. The van der Waals surface area contributed by atoms with Gasteiger partial charge in [-0.25, -0.2) is 4.79 Å². The molecule has 1 N–H and O–H groups in total. The lowest BCUT2D eigenvalue weighted by molar-refractivity contribution is 0.0703. The third-order valence-corrected chi connectivity index (χ3v) is 5.23. The van der Waals surface area contributed by atoms with Gasteiger partial charge in [-0.1, -0.05) is 41.9 Å². The minimum atomic E-state index is -0.930. The number of carboxylic acids is 1. The number of carboxylic acid groups (broad SMARTS) is 1. The molecule has 0 atom stereocenters. The fourth-order valence-electron chi connectivity index (χ4n) is 2.73. The van der Waals surface area contributed by atoms with Gasteiger partial charge in [-0.3, -0.25) is 4.98 Å². The molecular weight excluding hydrogens is 330 g/mol. The van der Waals surface area contributed by atoms with E-state index in [9.17, 15) is 9.90 Å². The molecule has 2 heterocycles. The Balaban J connectivity index is 2.13. The lowest BCUT2D eigenvalue weighted by Crippen LogP contribution is -1.94. The molecule has 0 radical (unpaired) electrons. The van der Waals surface area contributed by atoms with Crippen molar-refractivity contribution in [2.75, 3.05) is 0 Å². The Kier molecular flexibility index (Phi) is 3.29. The van der Waals surface area contributed by atoms with Crippen LogP contribution in [0, 0.1) is 0 Å². The van der Waals surface area contributed by atoms with Crippen molar-refractivity contribution in [2.45, 2.75) is 0 Å². The van der Waals surface area contributed by atoms with Crippen molar-refractivity contribution in [2.24, 2.45) is 0 Å². The lowest BCUT2D eigenvalue weighted by atomic mass is 10.0. The first-order chi connectivity index (χ1) is 11.1. The second-order valence-electron chi connectivity index (χ2n) is 5.14. The molecule has 2 aromatic heterocycles. The maximum Gasteiger partial charge on any atom is 0.346 e. The average molecular weight is 340 g/mol. The van der Waals surface area contributed by atoms with Crippen molar-refractivity contribution in [3.8, 4) is 11.1 Å². The van der Waals surface area contributed by atoms with Crippen molar-refractivity contribution >= 4 is 49.9 Å². The quantitative estimate of drug-likeness (QED) is 0.527. The highest BCUT2D eigenvalue weighted by Crippen LogP contribution is 2.41. The standard InChI is InChI=1S/C18H10ClNO2S/c19-11-7-5-10(6-8-11)15-13-9-20-14-4-2-1-3-12(14)16(13)23-17(15)18(21)22/h1-9H,(H,21,22). The van der Waals surface area contributed by atoms with Gasteiger partial charge in [0.05, 0.1) is 5.52 Å². The molecule has 0 aliphatic heterocycles. The lowest BCUT2D eigenvalue weighted by Gasteiger charge is -2.03. The largest absolute Gasteiger partial charge is 0.477 e. The number of hydrogen-bond donors (Lipinski definition) is 1. The van der Waals surface area contributed by atoms with Gasteiger partial charge in [-0.2, -0.15) is 0 Å². The minimum Gasteiger partial charge on any atom is -0.477 e. The number of rotatable bonds is 2. The van der Waals surface area contributed by atoms with Crippen LogP contribution >= 0.6 is 22.9 Å².